The topological polar surface area (TPSA) is 29.9 Å². The Balaban J connectivity index is 2.20. The molecule has 0 bridgehead atoms. The normalized spacial score (nSPS) is 17.4. The fourth-order valence-electron chi connectivity index (χ4n) is 3.25. The molecule has 1 aromatic heterocycles. The van der Waals surface area contributed by atoms with Crippen LogP contribution < -0.4 is 4.74 Å². The van der Waals surface area contributed by atoms with Crippen LogP contribution in [0.1, 0.15) is 46.5 Å². The standard InChI is InChI=1S/C16H22N2OS/c1-4-16(9-6-10-16)18-12-7-5-8-13(19-11(2)3)14(12)17-15(18)20/h5,7-8,11H,4,6,9-10H2,1-3H3,(H,17,20). The zero-order valence-electron chi connectivity index (χ0n) is 12.4. The second kappa shape index (κ2) is 4.92. The van der Waals surface area contributed by atoms with Crippen molar-refractivity contribution < 1.29 is 4.74 Å². The van der Waals surface area contributed by atoms with Crippen LogP contribution in [0.15, 0.2) is 18.2 Å². The molecule has 1 aliphatic carbocycles. The summed E-state index contributed by atoms with van der Waals surface area (Å²) >= 11 is 5.59. The lowest BCUT2D eigenvalue weighted by molar-refractivity contribution is 0.140. The molecule has 0 unspecified atom stereocenters. The monoisotopic (exact) mass is 290 g/mol. The number of fused-ring (bicyclic) bond motifs is 1. The predicted octanol–water partition coefficient (Wildman–Crippen LogP) is 4.78. The molecule has 20 heavy (non-hydrogen) atoms. The molecule has 0 spiro atoms. The third-order valence-corrected chi connectivity index (χ3v) is 4.74. The Morgan fingerprint density at radius 3 is 2.70 bits per heavy atom. The number of nitrogens with one attached hydrogen (secondary N) is 1. The Morgan fingerprint density at radius 2 is 2.15 bits per heavy atom. The van der Waals surface area contributed by atoms with Gasteiger partial charge >= 0.3 is 0 Å². The maximum absolute atomic E-state index is 5.90. The van der Waals surface area contributed by atoms with Crippen LogP contribution in [0.5, 0.6) is 5.75 Å². The molecule has 3 rings (SSSR count). The quantitative estimate of drug-likeness (QED) is 0.822. The molecule has 1 aliphatic rings. The van der Waals surface area contributed by atoms with Crippen LogP contribution in [0.25, 0.3) is 11.0 Å². The second-order valence-electron chi connectivity index (χ2n) is 6.01. The third kappa shape index (κ3) is 1.97. The number of ether oxygens (including phenoxy) is 1. The first kappa shape index (κ1) is 13.7. The number of nitrogens with zero attached hydrogens (tertiary/aromatic N) is 1. The zero-order chi connectivity index (χ0) is 14.3. The van der Waals surface area contributed by atoms with Crippen molar-refractivity contribution >= 4 is 23.3 Å². The number of aromatic amines is 1. The average Bonchev–Trinajstić information content (AvgIpc) is 2.67. The largest absolute Gasteiger partial charge is 0.489 e. The van der Waals surface area contributed by atoms with Gasteiger partial charge in [0.05, 0.1) is 11.6 Å². The molecule has 0 amide bonds. The van der Waals surface area contributed by atoms with Gasteiger partial charge in [0, 0.05) is 5.54 Å². The van der Waals surface area contributed by atoms with Gasteiger partial charge in [0.1, 0.15) is 11.3 Å². The summed E-state index contributed by atoms with van der Waals surface area (Å²) in [6, 6.07) is 6.21. The van der Waals surface area contributed by atoms with E-state index in [1.807, 2.05) is 19.9 Å². The first-order valence-electron chi connectivity index (χ1n) is 7.48. The second-order valence-corrected chi connectivity index (χ2v) is 6.40. The Kier molecular flexibility index (Phi) is 3.36. The van der Waals surface area contributed by atoms with Crippen LogP contribution in [0.3, 0.4) is 0 Å². The van der Waals surface area contributed by atoms with Crippen molar-refractivity contribution in [1.29, 1.82) is 0 Å². The van der Waals surface area contributed by atoms with Gasteiger partial charge in [-0.2, -0.15) is 0 Å². The van der Waals surface area contributed by atoms with E-state index in [1.165, 1.54) is 24.8 Å². The highest BCUT2D eigenvalue weighted by molar-refractivity contribution is 7.71. The van der Waals surface area contributed by atoms with E-state index >= 15 is 0 Å². The van der Waals surface area contributed by atoms with Crippen molar-refractivity contribution in [2.75, 3.05) is 0 Å². The van der Waals surface area contributed by atoms with Gasteiger partial charge < -0.3 is 14.3 Å². The maximum atomic E-state index is 5.90. The summed E-state index contributed by atoms with van der Waals surface area (Å²) in [5.41, 5.74) is 2.42. The average molecular weight is 290 g/mol. The number of para-hydroxylation sites is 1. The lowest BCUT2D eigenvalue weighted by atomic mass is 9.74. The fourth-order valence-corrected chi connectivity index (χ4v) is 3.64. The van der Waals surface area contributed by atoms with Crippen molar-refractivity contribution in [3.05, 3.63) is 23.0 Å². The molecular weight excluding hydrogens is 268 g/mol. The van der Waals surface area contributed by atoms with Crippen molar-refractivity contribution in [2.24, 2.45) is 0 Å². The molecule has 1 N–H and O–H groups in total. The Hall–Kier alpha value is -1.29. The molecule has 1 aromatic carbocycles. The summed E-state index contributed by atoms with van der Waals surface area (Å²) in [6.07, 6.45) is 5.03. The third-order valence-electron chi connectivity index (χ3n) is 4.46. The minimum Gasteiger partial charge on any atom is -0.489 e. The number of hydrogen-bond acceptors (Lipinski definition) is 2. The molecule has 0 radical (unpaired) electrons. The highest BCUT2D eigenvalue weighted by Gasteiger charge is 2.38. The van der Waals surface area contributed by atoms with Crippen LogP contribution in [-0.4, -0.2) is 15.7 Å². The molecule has 0 atom stereocenters. The van der Waals surface area contributed by atoms with E-state index in [2.05, 4.69) is 28.6 Å². The highest BCUT2D eigenvalue weighted by atomic mass is 32.1. The number of hydrogen-bond donors (Lipinski definition) is 1. The number of aromatic nitrogens is 2. The molecule has 1 saturated carbocycles. The molecule has 1 heterocycles. The summed E-state index contributed by atoms with van der Waals surface area (Å²) in [7, 11) is 0. The van der Waals surface area contributed by atoms with Crippen molar-refractivity contribution in [3.63, 3.8) is 0 Å². The Bertz CT molecular complexity index is 674. The molecule has 108 valence electrons. The van der Waals surface area contributed by atoms with Crippen molar-refractivity contribution in [2.45, 2.75) is 58.1 Å². The summed E-state index contributed by atoms with van der Waals surface area (Å²) in [5.74, 6) is 0.896. The number of benzene rings is 1. The van der Waals surface area contributed by atoms with E-state index in [9.17, 15) is 0 Å². The highest BCUT2D eigenvalue weighted by Crippen LogP contribution is 2.44. The van der Waals surface area contributed by atoms with E-state index in [0.29, 0.717) is 0 Å². The Morgan fingerprint density at radius 1 is 1.40 bits per heavy atom. The van der Waals surface area contributed by atoms with Crippen LogP contribution in [0.4, 0.5) is 0 Å². The van der Waals surface area contributed by atoms with Gasteiger partial charge in [-0.15, -0.1) is 0 Å². The van der Waals surface area contributed by atoms with Gasteiger partial charge in [0.2, 0.25) is 0 Å². The first-order chi connectivity index (χ1) is 9.57. The number of H-pyrrole nitrogens is 1. The van der Waals surface area contributed by atoms with E-state index in [1.54, 1.807) is 0 Å². The molecular formula is C16H22N2OS. The summed E-state index contributed by atoms with van der Waals surface area (Å²) in [4.78, 5) is 3.36. The molecule has 2 aromatic rings. The molecule has 1 fully saturated rings. The predicted molar refractivity (Wildman–Crippen MR) is 85.0 cm³/mol. The van der Waals surface area contributed by atoms with Crippen LogP contribution in [0, 0.1) is 4.77 Å². The molecule has 3 nitrogen and oxygen atoms in total. The fraction of sp³-hybridized carbons (Fsp3) is 0.562. The lowest BCUT2D eigenvalue weighted by Gasteiger charge is -2.43. The lowest BCUT2D eigenvalue weighted by Crippen LogP contribution is -2.39. The molecule has 0 saturated heterocycles. The smallest absolute Gasteiger partial charge is 0.178 e. The zero-order valence-corrected chi connectivity index (χ0v) is 13.2. The molecule has 0 aliphatic heterocycles. The van der Waals surface area contributed by atoms with Crippen LogP contribution in [-0.2, 0) is 5.54 Å². The Labute approximate surface area is 125 Å². The minimum atomic E-state index is 0.162. The van der Waals surface area contributed by atoms with Crippen molar-refractivity contribution in [1.82, 2.24) is 9.55 Å². The summed E-state index contributed by atoms with van der Waals surface area (Å²) in [5, 5.41) is 0. The van der Waals surface area contributed by atoms with E-state index in [0.717, 1.165) is 22.5 Å². The van der Waals surface area contributed by atoms with Crippen LogP contribution >= 0.6 is 12.2 Å². The van der Waals surface area contributed by atoms with E-state index in [4.69, 9.17) is 17.0 Å². The minimum absolute atomic E-state index is 0.162. The van der Waals surface area contributed by atoms with Gasteiger partial charge in [0.25, 0.3) is 0 Å². The molecule has 4 heteroatoms. The van der Waals surface area contributed by atoms with Crippen LogP contribution in [0.2, 0.25) is 0 Å². The van der Waals surface area contributed by atoms with Crippen molar-refractivity contribution in [3.8, 4) is 5.75 Å². The van der Waals surface area contributed by atoms with Gasteiger partial charge in [-0.05, 0) is 63.9 Å². The maximum Gasteiger partial charge on any atom is 0.178 e. The van der Waals surface area contributed by atoms with Gasteiger partial charge in [0.15, 0.2) is 4.77 Å². The summed E-state index contributed by atoms with van der Waals surface area (Å²) in [6.45, 7) is 6.35. The van der Waals surface area contributed by atoms with Gasteiger partial charge in [-0.3, -0.25) is 0 Å². The van der Waals surface area contributed by atoms with E-state index in [-0.39, 0.29) is 11.6 Å². The first-order valence-corrected chi connectivity index (χ1v) is 7.89. The van der Waals surface area contributed by atoms with Gasteiger partial charge in [-0.25, -0.2) is 0 Å². The number of rotatable bonds is 4. The van der Waals surface area contributed by atoms with E-state index < -0.39 is 0 Å². The summed E-state index contributed by atoms with van der Waals surface area (Å²) < 4.78 is 9.05. The van der Waals surface area contributed by atoms with Gasteiger partial charge in [-0.1, -0.05) is 13.0 Å². The number of imidazole rings is 1. The SMILES string of the molecule is CCC1(n2c(=S)[nH]c3c(OC(C)C)cccc32)CCC1.